The monoisotopic (exact) mass is 357 g/mol. The first-order valence-electron chi connectivity index (χ1n) is 7.19. The molecule has 0 unspecified atom stereocenters. The molecule has 2 rings (SSSR count). The van der Waals surface area contributed by atoms with Gasteiger partial charge in [0.25, 0.3) is 0 Å². The summed E-state index contributed by atoms with van der Waals surface area (Å²) in [7, 11) is 0. The number of ketones is 1. The number of ether oxygens (including phenoxy) is 1. The van der Waals surface area contributed by atoms with Gasteiger partial charge in [-0.1, -0.05) is 35.9 Å². The van der Waals surface area contributed by atoms with E-state index in [0.29, 0.717) is 30.7 Å². The van der Waals surface area contributed by atoms with Gasteiger partial charge in [0.1, 0.15) is 12.4 Å². The van der Waals surface area contributed by atoms with Crippen molar-refractivity contribution in [3.05, 3.63) is 40.4 Å². The molecule has 1 saturated heterocycles. The molecule has 0 aromatic heterocycles. The second-order valence-corrected chi connectivity index (χ2v) is 6.11. The lowest BCUT2D eigenvalue weighted by Crippen LogP contribution is -2.41. The zero-order valence-corrected chi connectivity index (χ0v) is 13.9. The lowest BCUT2D eigenvalue weighted by Gasteiger charge is -2.30. The number of hydrogen-bond donors (Lipinski definition) is 1. The van der Waals surface area contributed by atoms with Gasteiger partial charge < -0.3 is 14.7 Å². The number of carbonyl (C=O) groups excluding carboxylic acids is 1. The van der Waals surface area contributed by atoms with Crippen LogP contribution in [0.2, 0.25) is 10.0 Å². The Kier molecular flexibility index (Phi) is 5.91. The van der Waals surface area contributed by atoms with Crippen molar-refractivity contribution in [2.45, 2.75) is 12.8 Å². The summed E-state index contributed by atoms with van der Waals surface area (Å²) >= 11 is 12.0. The SMILES string of the molecule is C=CCOc1cc(Cl)c(Cl)cc1C(=O)[C@@H]1CCCN(C(=O)O)C1. The van der Waals surface area contributed by atoms with Crippen LogP contribution in [0.4, 0.5) is 4.79 Å². The van der Waals surface area contributed by atoms with Gasteiger partial charge in [-0.05, 0) is 18.9 Å². The van der Waals surface area contributed by atoms with Gasteiger partial charge in [-0.15, -0.1) is 0 Å². The van der Waals surface area contributed by atoms with Crippen molar-refractivity contribution in [3.8, 4) is 5.75 Å². The molecule has 1 aliphatic rings. The molecular formula is C16H17Cl2NO4. The fourth-order valence-electron chi connectivity index (χ4n) is 2.57. The first-order chi connectivity index (χ1) is 10.9. The van der Waals surface area contributed by atoms with E-state index in [4.69, 9.17) is 33.0 Å². The van der Waals surface area contributed by atoms with Crippen molar-refractivity contribution in [2.75, 3.05) is 19.7 Å². The maximum Gasteiger partial charge on any atom is 0.407 e. The number of piperidine rings is 1. The highest BCUT2D eigenvalue weighted by atomic mass is 35.5. The van der Waals surface area contributed by atoms with E-state index in [1.807, 2.05) is 0 Å². The molecule has 124 valence electrons. The summed E-state index contributed by atoms with van der Waals surface area (Å²) in [5, 5.41) is 9.65. The lowest BCUT2D eigenvalue weighted by molar-refractivity contribution is 0.0803. The van der Waals surface area contributed by atoms with Gasteiger partial charge >= 0.3 is 6.09 Å². The van der Waals surface area contributed by atoms with E-state index >= 15 is 0 Å². The number of Topliss-reactive ketones (excluding diaryl/α,β-unsaturated/α-hetero) is 1. The van der Waals surface area contributed by atoms with E-state index in [2.05, 4.69) is 6.58 Å². The number of halogens is 2. The molecular weight excluding hydrogens is 341 g/mol. The van der Waals surface area contributed by atoms with E-state index in [9.17, 15) is 9.59 Å². The molecule has 1 aliphatic heterocycles. The van der Waals surface area contributed by atoms with Crippen molar-refractivity contribution in [1.29, 1.82) is 0 Å². The Morgan fingerprint density at radius 3 is 2.74 bits per heavy atom. The van der Waals surface area contributed by atoms with Crippen molar-refractivity contribution in [3.63, 3.8) is 0 Å². The minimum Gasteiger partial charge on any atom is -0.489 e. The van der Waals surface area contributed by atoms with Crippen LogP contribution in [0.5, 0.6) is 5.75 Å². The predicted octanol–water partition coefficient (Wildman–Crippen LogP) is 4.13. The summed E-state index contributed by atoms with van der Waals surface area (Å²) in [5.74, 6) is -0.270. The molecule has 1 N–H and O–H groups in total. The van der Waals surface area contributed by atoms with Crippen LogP contribution in [0.1, 0.15) is 23.2 Å². The Morgan fingerprint density at radius 2 is 2.09 bits per heavy atom. The first-order valence-corrected chi connectivity index (χ1v) is 7.94. The third-order valence-corrected chi connectivity index (χ3v) is 4.43. The number of nitrogens with zero attached hydrogens (tertiary/aromatic N) is 1. The van der Waals surface area contributed by atoms with Crippen molar-refractivity contribution >= 4 is 35.1 Å². The number of rotatable bonds is 5. The van der Waals surface area contributed by atoms with Gasteiger partial charge in [-0.2, -0.15) is 0 Å². The summed E-state index contributed by atoms with van der Waals surface area (Å²) in [6.07, 6.45) is 1.82. The van der Waals surface area contributed by atoms with Gasteiger partial charge in [-0.25, -0.2) is 4.79 Å². The van der Waals surface area contributed by atoms with Gasteiger partial charge in [0.15, 0.2) is 5.78 Å². The third-order valence-electron chi connectivity index (χ3n) is 3.71. The van der Waals surface area contributed by atoms with E-state index in [-0.39, 0.29) is 29.0 Å². The fourth-order valence-corrected chi connectivity index (χ4v) is 2.89. The number of carbonyl (C=O) groups is 2. The maximum atomic E-state index is 12.8. The molecule has 0 spiro atoms. The third kappa shape index (κ3) is 4.18. The Bertz CT molecular complexity index is 633. The van der Waals surface area contributed by atoms with Crippen LogP contribution in [0.15, 0.2) is 24.8 Å². The molecule has 0 aliphatic carbocycles. The Labute approximate surface area is 144 Å². The van der Waals surface area contributed by atoms with Gasteiger partial charge in [0, 0.05) is 25.1 Å². The zero-order valence-electron chi connectivity index (χ0n) is 12.4. The van der Waals surface area contributed by atoms with Crippen LogP contribution in [-0.4, -0.2) is 41.6 Å². The Balaban J connectivity index is 2.28. The molecule has 0 bridgehead atoms. The highest BCUT2D eigenvalue weighted by molar-refractivity contribution is 6.42. The molecule has 0 saturated carbocycles. The number of amides is 1. The zero-order chi connectivity index (χ0) is 17.0. The quantitative estimate of drug-likeness (QED) is 0.635. The van der Waals surface area contributed by atoms with Crippen LogP contribution in [0.3, 0.4) is 0 Å². The lowest BCUT2D eigenvalue weighted by atomic mass is 9.89. The fraction of sp³-hybridized carbons (Fsp3) is 0.375. The smallest absolute Gasteiger partial charge is 0.407 e. The van der Waals surface area contributed by atoms with Gasteiger partial charge in [-0.3, -0.25) is 4.79 Å². The molecule has 1 aromatic rings. The highest BCUT2D eigenvalue weighted by Crippen LogP contribution is 2.33. The molecule has 23 heavy (non-hydrogen) atoms. The largest absolute Gasteiger partial charge is 0.489 e. The van der Waals surface area contributed by atoms with Crippen LogP contribution in [0.25, 0.3) is 0 Å². The maximum absolute atomic E-state index is 12.8. The second-order valence-electron chi connectivity index (χ2n) is 5.29. The average molecular weight is 358 g/mol. The Hall–Kier alpha value is -1.72. The van der Waals surface area contributed by atoms with Gasteiger partial charge in [0.05, 0.1) is 15.6 Å². The molecule has 1 atom stereocenters. The van der Waals surface area contributed by atoms with Crippen LogP contribution < -0.4 is 4.74 Å². The normalized spacial score (nSPS) is 17.7. The van der Waals surface area contributed by atoms with Crippen molar-refractivity contribution < 1.29 is 19.4 Å². The van der Waals surface area contributed by atoms with E-state index in [0.717, 1.165) is 0 Å². The van der Waals surface area contributed by atoms with Crippen LogP contribution >= 0.6 is 23.2 Å². The summed E-state index contributed by atoms with van der Waals surface area (Å²) in [6, 6.07) is 2.97. The minimum absolute atomic E-state index is 0.176. The number of carboxylic acid groups (broad SMARTS) is 1. The van der Waals surface area contributed by atoms with Crippen molar-refractivity contribution in [2.24, 2.45) is 5.92 Å². The summed E-state index contributed by atoms with van der Waals surface area (Å²) < 4.78 is 5.50. The Morgan fingerprint density at radius 1 is 1.39 bits per heavy atom. The number of hydrogen-bond acceptors (Lipinski definition) is 3. The minimum atomic E-state index is -1.01. The summed E-state index contributed by atoms with van der Waals surface area (Å²) in [4.78, 5) is 25.2. The average Bonchev–Trinajstić information content (AvgIpc) is 2.55. The standard InChI is InChI=1S/C16H17Cl2NO4/c1-2-6-23-14-8-13(18)12(17)7-11(14)15(20)10-4-3-5-19(9-10)16(21)22/h2,7-8,10H,1,3-6,9H2,(H,21,22)/t10-/m1/s1. The second kappa shape index (κ2) is 7.70. The topological polar surface area (TPSA) is 66.8 Å². The molecule has 1 fully saturated rings. The molecule has 0 radical (unpaired) electrons. The number of likely N-dealkylation sites (tertiary alicyclic amines) is 1. The van der Waals surface area contributed by atoms with Crippen molar-refractivity contribution in [1.82, 2.24) is 4.90 Å². The van der Waals surface area contributed by atoms with E-state index < -0.39 is 12.0 Å². The van der Waals surface area contributed by atoms with E-state index in [1.165, 1.54) is 17.0 Å². The van der Waals surface area contributed by atoms with Gasteiger partial charge in [0.2, 0.25) is 0 Å². The first kappa shape index (κ1) is 17.6. The summed E-state index contributed by atoms with van der Waals surface area (Å²) in [5.41, 5.74) is 0.318. The van der Waals surface area contributed by atoms with Crippen LogP contribution in [-0.2, 0) is 0 Å². The van der Waals surface area contributed by atoms with E-state index in [1.54, 1.807) is 6.08 Å². The molecule has 1 amide bonds. The molecule has 5 nitrogen and oxygen atoms in total. The van der Waals surface area contributed by atoms with Crippen LogP contribution in [0, 0.1) is 5.92 Å². The molecule has 1 heterocycles. The summed E-state index contributed by atoms with van der Waals surface area (Å²) in [6.45, 7) is 4.42. The number of benzene rings is 1. The highest BCUT2D eigenvalue weighted by Gasteiger charge is 2.30. The molecule has 7 heteroatoms. The predicted molar refractivity (Wildman–Crippen MR) is 88.8 cm³/mol. The molecule has 1 aromatic carbocycles.